The fourth-order valence-corrected chi connectivity index (χ4v) is 1.49. The maximum absolute atomic E-state index is 5.78. The molecule has 0 aromatic carbocycles. The lowest BCUT2D eigenvalue weighted by Crippen LogP contribution is -2.28. The van der Waals surface area contributed by atoms with Gasteiger partial charge in [-0.05, 0) is 13.1 Å². The van der Waals surface area contributed by atoms with Crippen LogP contribution in [-0.4, -0.2) is 50.3 Å². The molecule has 1 rings (SSSR count). The zero-order valence-electron chi connectivity index (χ0n) is 10.2. The van der Waals surface area contributed by atoms with E-state index in [0.29, 0.717) is 16.5 Å². The van der Waals surface area contributed by atoms with Gasteiger partial charge < -0.3 is 20.7 Å². The molecule has 0 spiro atoms. The molecule has 0 fully saturated rings. The molecular weight excluding hydrogens is 240 g/mol. The molecule has 0 bridgehead atoms. The van der Waals surface area contributed by atoms with Crippen molar-refractivity contribution < 1.29 is 4.74 Å². The lowest BCUT2D eigenvalue weighted by molar-refractivity contribution is 0.163. The Labute approximate surface area is 107 Å². The van der Waals surface area contributed by atoms with Gasteiger partial charge in [0.2, 0.25) is 0 Å². The van der Waals surface area contributed by atoms with Gasteiger partial charge in [-0.15, -0.1) is 0 Å². The smallest absolute Gasteiger partial charge is 0.149 e. The largest absolute Gasteiger partial charge is 0.396 e. The summed E-state index contributed by atoms with van der Waals surface area (Å²) in [5, 5.41) is 3.72. The Morgan fingerprint density at radius 2 is 2.29 bits per heavy atom. The van der Waals surface area contributed by atoms with Gasteiger partial charge in [0, 0.05) is 32.9 Å². The van der Waals surface area contributed by atoms with Crippen molar-refractivity contribution in [3.05, 3.63) is 17.3 Å². The highest BCUT2D eigenvalue weighted by Crippen LogP contribution is 2.18. The van der Waals surface area contributed by atoms with Crippen LogP contribution in [0.4, 0.5) is 11.5 Å². The van der Waals surface area contributed by atoms with E-state index in [1.807, 2.05) is 7.05 Å². The van der Waals surface area contributed by atoms with Crippen molar-refractivity contribution in [2.75, 3.05) is 51.4 Å². The molecule has 0 amide bonds. The van der Waals surface area contributed by atoms with Crippen LogP contribution in [0.1, 0.15) is 0 Å². The van der Waals surface area contributed by atoms with E-state index in [-0.39, 0.29) is 0 Å². The number of nitrogens with two attached hydrogens (primary N) is 1. The van der Waals surface area contributed by atoms with Gasteiger partial charge >= 0.3 is 0 Å². The SMILES string of the molecule is COCCN(C)CCNc1ncc(Cl)cc1N. The Hall–Kier alpha value is -1.04. The first-order chi connectivity index (χ1) is 8.13. The normalized spacial score (nSPS) is 10.8. The highest BCUT2D eigenvalue weighted by Gasteiger charge is 2.02. The zero-order valence-corrected chi connectivity index (χ0v) is 11.0. The molecule has 1 aromatic heterocycles. The minimum absolute atomic E-state index is 0.547. The van der Waals surface area contributed by atoms with Gasteiger partial charge in [-0.25, -0.2) is 4.98 Å². The molecule has 0 unspecified atom stereocenters. The van der Waals surface area contributed by atoms with Crippen molar-refractivity contribution in [2.45, 2.75) is 0 Å². The molecule has 0 aliphatic heterocycles. The van der Waals surface area contributed by atoms with E-state index in [4.69, 9.17) is 22.1 Å². The summed E-state index contributed by atoms with van der Waals surface area (Å²) in [4.78, 5) is 6.29. The van der Waals surface area contributed by atoms with Crippen LogP contribution >= 0.6 is 11.6 Å². The molecule has 0 aliphatic rings. The average molecular weight is 259 g/mol. The van der Waals surface area contributed by atoms with E-state index in [1.165, 1.54) is 0 Å². The van der Waals surface area contributed by atoms with E-state index >= 15 is 0 Å². The summed E-state index contributed by atoms with van der Waals surface area (Å²) in [5.74, 6) is 0.676. The summed E-state index contributed by atoms with van der Waals surface area (Å²) in [7, 11) is 3.74. The van der Waals surface area contributed by atoms with Gasteiger partial charge in [-0.3, -0.25) is 0 Å². The molecule has 0 aliphatic carbocycles. The van der Waals surface area contributed by atoms with E-state index in [0.717, 1.165) is 26.2 Å². The summed E-state index contributed by atoms with van der Waals surface area (Å²) in [6.45, 7) is 3.31. The van der Waals surface area contributed by atoms with Crippen LogP contribution in [-0.2, 0) is 4.74 Å². The molecular formula is C11H19ClN4O. The Balaban J connectivity index is 2.30. The third-order valence-corrected chi connectivity index (χ3v) is 2.55. The number of nitrogens with one attached hydrogen (secondary N) is 1. The number of hydrogen-bond acceptors (Lipinski definition) is 5. The molecule has 1 heterocycles. The second kappa shape index (κ2) is 7.32. The molecule has 6 heteroatoms. The van der Waals surface area contributed by atoms with Gasteiger partial charge in [0.25, 0.3) is 0 Å². The van der Waals surface area contributed by atoms with Crippen LogP contribution in [0.5, 0.6) is 0 Å². The molecule has 0 atom stereocenters. The van der Waals surface area contributed by atoms with Crippen molar-refractivity contribution >= 4 is 23.1 Å². The first-order valence-corrected chi connectivity index (χ1v) is 5.83. The van der Waals surface area contributed by atoms with E-state index in [9.17, 15) is 0 Å². The van der Waals surface area contributed by atoms with Crippen LogP contribution in [0.3, 0.4) is 0 Å². The third kappa shape index (κ3) is 5.21. The number of rotatable bonds is 7. The second-order valence-corrected chi connectivity index (χ2v) is 4.25. The first kappa shape index (κ1) is 14.0. The van der Waals surface area contributed by atoms with Crippen LogP contribution in [0.25, 0.3) is 0 Å². The number of hydrogen-bond donors (Lipinski definition) is 2. The highest BCUT2D eigenvalue weighted by molar-refractivity contribution is 6.30. The van der Waals surface area contributed by atoms with Gasteiger partial charge in [0.1, 0.15) is 5.82 Å². The van der Waals surface area contributed by atoms with E-state index in [2.05, 4.69) is 15.2 Å². The number of pyridine rings is 1. The van der Waals surface area contributed by atoms with Crippen molar-refractivity contribution in [1.82, 2.24) is 9.88 Å². The first-order valence-electron chi connectivity index (χ1n) is 5.46. The minimum Gasteiger partial charge on any atom is -0.396 e. The Morgan fingerprint density at radius 3 is 2.94 bits per heavy atom. The monoisotopic (exact) mass is 258 g/mol. The highest BCUT2D eigenvalue weighted by atomic mass is 35.5. The molecule has 0 saturated carbocycles. The number of anilines is 2. The Bertz CT molecular complexity index is 348. The molecule has 5 nitrogen and oxygen atoms in total. The van der Waals surface area contributed by atoms with Crippen LogP contribution in [0, 0.1) is 0 Å². The predicted octanol–water partition coefficient (Wildman–Crippen LogP) is 1.31. The van der Waals surface area contributed by atoms with Crippen molar-refractivity contribution in [3.8, 4) is 0 Å². The van der Waals surface area contributed by atoms with Gasteiger partial charge in [-0.1, -0.05) is 11.6 Å². The maximum atomic E-state index is 5.78. The third-order valence-electron chi connectivity index (χ3n) is 2.35. The zero-order chi connectivity index (χ0) is 12.7. The number of aromatic nitrogens is 1. The van der Waals surface area contributed by atoms with E-state index < -0.39 is 0 Å². The summed E-state index contributed by atoms with van der Waals surface area (Å²) in [6.07, 6.45) is 1.58. The summed E-state index contributed by atoms with van der Waals surface area (Å²) >= 11 is 5.77. The summed E-state index contributed by atoms with van der Waals surface area (Å²) < 4.78 is 5.00. The molecule has 17 heavy (non-hydrogen) atoms. The van der Waals surface area contributed by atoms with Crippen LogP contribution in [0.2, 0.25) is 5.02 Å². The van der Waals surface area contributed by atoms with Crippen molar-refractivity contribution in [2.24, 2.45) is 0 Å². The topological polar surface area (TPSA) is 63.4 Å². The Morgan fingerprint density at radius 1 is 1.53 bits per heavy atom. The van der Waals surface area contributed by atoms with Gasteiger partial charge in [0.15, 0.2) is 0 Å². The van der Waals surface area contributed by atoms with Gasteiger partial charge in [0.05, 0.1) is 17.3 Å². The number of methoxy groups -OCH3 is 1. The fraction of sp³-hybridized carbons (Fsp3) is 0.545. The molecule has 96 valence electrons. The van der Waals surface area contributed by atoms with Crippen molar-refractivity contribution in [1.29, 1.82) is 0 Å². The lowest BCUT2D eigenvalue weighted by Gasteiger charge is -2.16. The standard InChI is InChI=1S/C11H19ClN4O/c1-16(5-6-17-2)4-3-14-11-10(13)7-9(12)8-15-11/h7-8H,3-6,13H2,1-2H3,(H,14,15). The summed E-state index contributed by atoms with van der Waals surface area (Å²) in [6, 6.07) is 1.69. The molecule has 0 radical (unpaired) electrons. The number of nitrogen functional groups attached to an aromatic ring is 1. The quantitative estimate of drug-likeness (QED) is 0.772. The molecule has 3 N–H and O–H groups in total. The average Bonchev–Trinajstić information content (AvgIpc) is 2.29. The predicted molar refractivity (Wildman–Crippen MR) is 71.5 cm³/mol. The number of nitrogens with zero attached hydrogens (tertiary/aromatic N) is 2. The molecule has 0 saturated heterocycles. The molecule has 1 aromatic rings. The summed E-state index contributed by atoms with van der Waals surface area (Å²) in [5.41, 5.74) is 6.34. The van der Waals surface area contributed by atoms with E-state index in [1.54, 1.807) is 19.4 Å². The second-order valence-electron chi connectivity index (χ2n) is 3.81. The van der Waals surface area contributed by atoms with Crippen molar-refractivity contribution in [3.63, 3.8) is 0 Å². The van der Waals surface area contributed by atoms with Crippen LogP contribution in [0.15, 0.2) is 12.3 Å². The minimum atomic E-state index is 0.547. The fourth-order valence-electron chi connectivity index (χ4n) is 1.33. The number of ether oxygens (including phenoxy) is 1. The van der Waals surface area contributed by atoms with Gasteiger partial charge in [-0.2, -0.15) is 0 Å². The lowest BCUT2D eigenvalue weighted by atomic mass is 10.4. The number of halogens is 1. The number of likely N-dealkylation sites (N-methyl/N-ethyl adjacent to an activating group) is 1. The maximum Gasteiger partial charge on any atom is 0.149 e. The Kier molecular flexibility index (Phi) is 6.04. The van der Waals surface area contributed by atoms with Crippen LogP contribution < -0.4 is 11.1 Å².